The van der Waals surface area contributed by atoms with E-state index in [4.69, 9.17) is 0 Å². The summed E-state index contributed by atoms with van der Waals surface area (Å²) < 4.78 is 41.7. The average molecular weight is 411 g/mol. The Morgan fingerprint density at radius 2 is 1.93 bits per heavy atom. The Balaban J connectivity index is 1.65. The molecule has 9 nitrogen and oxygen atoms in total. The molecule has 0 bridgehead atoms. The van der Waals surface area contributed by atoms with Crippen LogP contribution in [0, 0.1) is 0 Å². The van der Waals surface area contributed by atoms with E-state index in [1.54, 1.807) is 13.2 Å². The van der Waals surface area contributed by atoms with Crippen molar-refractivity contribution in [2.45, 2.75) is 18.8 Å². The minimum absolute atomic E-state index is 0.173. The van der Waals surface area contributed by atoms with Gasteiger partial charge in [-0.2, -0.15) is 5.10 Å². The van der Waals surface area contributed by atoms with Crippen LogP contribution in [-0.2, 0) is 22.2 Å². The number of ether oxygens (including phenoxy) is 1. The minimum Gasteiger partial charge on any atom is -0.406 e. The molecule has 0 spiro atoms. The lowest BCUT2D eigenvalue weighted by Crippen LogP contribution is -2.42. The van der Waals surface area contributed by atoms with Gasteiger partial charge in [-0.05, 0) is 31.2 Å². The number of amides is 4. The number of carbonyl (C=O) groups is 3. The fraction of sp³-hybridized carbons (Fsp3) is 0.294. The molecule has 29 heavy (non-hydrogen) atoms. The highest BCUT2D eigenvalue weighted by molar-refractivity contribution is 6.10. The Morgan fingerprint density at radius 3 is 2.48 bits per heavy atom. The number of urea groups is 1. The quantitative estimate of drug-likeness (QED) is 0.729. The summed E-state index contributed by atoms with van der Waals surface area (Å²) in [5.74, 6) is -1.77. The van der Waals surface area contributed by atoms with Crippen LogP contribution in [0.2, 0.25) is 0 Å². The largest absolute Gasteiger partial charge is 0.573 e. The van der Waals surface area contributed by atoms with E-state index in [9.17, 15) is 27.6 Å². The molecule has 4 amide bonds. The second-order valence-electron chi connectivity index (χ2n) is 6.47. The molecule has 0 unspecified atom stereocenters. The van der Waals surface area contributed by atoms with E-state index in [-0.39, 0.29) is 5.69 Å². The molecule has 1 fully saturated rings. The van der Waals surface area contributed by atoms with E-state index < -0.39 is 42.0 Å². The average Bonchev–Trinajstić information content (AvgIpc) is 3.14. The van der Waals surface area contributed by atoms with Gasteiger partial charge in [0.1, 0.15) is 17.8 Å². The number of imide groups is 1. The normalized spacial score (nSPS) is 19.3. The van der Waals surface area contributed by atoms with E-state index in [1.807, 2.05) is 0 Å². The predicted molar refractivity (Wildman–Crippen MR) is 92.6 cm³/mol. The number of carbonyl (C=O) groups excluding carboxylic acids is 3. The monoisotopic (exact) mass is 411 g/mol. The number of nitrogens with one attached hydrogen (secondary N) is 2. The number of aromatic nitrogens is 2. The zero-order chi connectivity index (χ0) is 21.4. The van der Waals surface area contributed by atoms with Gasteiger partial charge >= 0.3 is 12.4 Å². The van der Waals surface area contributed by atoms with E-state index in [2.05, 4.69) is 20.5 Å². The summed E-state index contributed by atoms with van der Waals surface area (Å²) >= 11 is 0. The molecule has 0 aliphatic carbocycles. The van der Waals surface area contributed by atoms with Gasteiger partial charge in [0, 0.05) is 24.5 Å². The molecule has 2 N–H and O–H groups in total. The van der Waals surface area contributed by atoms with Gasteiger partial charge in [-0.15, -0.1) is 13.2 Å². The molecule has 1 saturated heterocycles. The maximum absolute atomic E-state index is 12.7. The first kappa shape index (κ1) is 20.2. The summed E-state index contributed by atoms with van der Waals surface area (Å²) in [5.41, 5.74) is -0.726. The Bertz CT molecular complexity index is 957. The van der Waals surface area contributed by atoms with E-state index in [1.165, 1.54) is 29.9 Å². The molecule has 12 heteroatoms. The molecule has 2 aromatic rings. The van der Waals surface area contributed by atoms with Gasteiger partial charge in [0.2, 0.25) is 5.91 Å². The molecule has 1 aromatic heterocycles. The van der Waals surface area contributed by atoms with Crippen molar-refractivity contribution in [2.24, 2.45) is 7.05 Å². The maximum Gasteiger partial charge on any atom is 0.573 e. The van der Waals surface area contributed by atoms with Crippen LogP contribution in [0.25, 0.3) is 0 Å². The molecule has 3 rings (SSSR count). The van der Waals surface area contributed by atoms with E-state index in [0.29, 0.717) is 5.56 Å². The summed E-state index contributed by atoms with van der Waals surface area (Å²) in [5, 5.41) is 8.92. The lowest BCUT2D eigenvalue weighted by Gasteiger charge is -2.20. The third-order valence-electron chi connectivity index (χ3n) is 4.23. The van der Waals surface area contributed by atoms with Crippen LogP contribution in [-0.4, -0.2) is 45.4 Å². The molecule has 2 heterocycles. The van der Waals surface area contributed by atoms with Gasteiger partial charge in [0.05, 0.1) is 6.20 Å². The van der Waals surface area contributed by atoms with E-state index in [0.717, 1.165) is 17.0 Å². The van der Waals surface area contributed by atoms with Gasteiger partial charge in [0.15, 0.2) is 0 Å². The number of halogens is 3. The summed E-state index contributed by atoms with van der Waals surface area (Å²) in [7, 11) is 1.66. The first-order valence-electron chi connectivity index (χ1n) is 8.27. The van der Waals surface area contributed by atoms with Gasteiger partial charge in [-0.3, -0.25) is 19.2 Å². The number of anilines is 1. The highest BCUT2D eigenvalue weighted by atomic mass is 19.4. The number of benzene rings is 1. The van der Waals surface area contributed by atoms with Crippen LogP contribution in [0.3, 0.4) is 0 Å². The Labute approximate surface area is 162 Å². The van der Waals surface area contributed by atoms with Crippen LogP contribution in [0.4, 0.5) is 23.7 Å². The Morgan fingerprint density at radius 1 is 1.28 bits per heavy atom. The topological polar surface area (TPSA) is 106 Å². The van der Waals surface area contributed by atoms with Crippen molar-refractivity contribution in [1.82, 2.24) is 20.0 Å². The van der Waals surface area contributed by atoms with Crippen molar-refractivity contribution in [2.75, 3.05) is 11.9 Å². The molecule has 1 aromatic carbocycles. The Kier molecular flexibility index (Phi) is 4.95. The number of hydrogen-bond donors (Lipinski definition) is 2. The predicted octanol–water partition coefficient (Wildman–Crippen LogP) is 1.72. The molecule has 1 aliphatic heterocycles. The molecular weight excluding hydrogens is 395 g/mol. The smallest absolute Gasteiger partial charge is 0.406 e. The van der Waals surface area contributed by atoms with Crippen LogP contribution in [0.1, 0.15) is 12.5 Å². The van der Waals surface area contributed by atoms with Crippen LogP contribution in [0.5, 0.6) is 5.75 Å². The number of nitrogens with zero attached hydrogens (tertiary/aromatic N) is 3. The second-order valence-corrected chi connectivity index (χ2v) is 6.47. The fourth-order valence-electron chi connectivity index (χ4n) is 2.80. The zero-order valence-corrected chi connectivity index (χ0v) is 15.3. The maximum atomic E-state index is 12.7. The fourth-order valence-corrected chi connectivity index (χ4v) is 2.80. The third-order valence-corrected chi connectivity index (χ3v) is 4.23. The summed E-state index contributed by atoms with van der Waals surface area (Å²) in [6.07, 6.45) is -1.81. The highest BCUT2D eigenvalue weighted by Gasteiger charge is 2.50. The van der Waals surface area contributed by atoms with E-state index >= 15 is 0 Å². The van der Waals surface area contributed by atoms with Crippen molar-refractivity contribution < 1.29 is 32.3 Å². The molecule has 154 valence electrons. The second kappa shape index (κ2) is 7.11. The summed E-state index contributed by atoms with van der Waals surface area (Å²) in [6.45, 7) is 0.933. The van der Waals surface area contributed by atoms with Crippen molar-refractivity contribution in [1.29, 1.82) is 0 Å². The first-order valence-corrected chi connectivity index (χ1v) is 8.27. The van der Waals surface area contributed by atoms with Crippen molar-refractivity contribution in [3.05, 3.63) is 42.2 Å². The highest BCUT2D eigenvalue weighted by Crippen LogP contribution is 2.28. The molecule has 1 aliphatic rings. The van der Waals surface area contributed by atoms with Crippen LogP contribution in [0.15, 0.2) is 36.7 Å². The van der Waals surface area contributed by atoms with Crippen molar-refractivity contribution in [3.8, 4) is 5.75 Å². The van der Waals surface area contributed by atoms with Gasteiger partial charge < -0.3 is 15.4 Å². The summed E-state index contributed by atoms with van der Waals surface area (Å²) in [6, 6.07) is 3.70. The van der Waals surface area contributed by atoms with Crippen molar-refractivity contribution >= 4 is 23.5 Å². The van der Waals surface area contributed by atoms with Crippen LogP contribution < -0.4 is 15.4 Å². The zero-order valence-electron chi connectivity index (χ0n) is 15.3. The molecule has 1 atom stereocenters. The SMILES string of the molecule is Cn1cc([C@]2(C)NC(=O)N(CC(=O)Nc3ccc(OC(F)(F)F)cc3)C2=O)cn1. The van der Waals surface area contributed by atoms with Crippen molar-refractivity contribution in [3.63, 3.8) is 0 Å². The van der Waals surface area contributed by atoms with Gasteiger partial charge in [0.25, 0.3) is 5.91 Å². The number of aryl methyl sites for hydroxylation is 1. The molecular formula is C17H16F3N5O4. The Hall–Kier alpha value is -3.57. The third kappa shape index (κ3) is 4.31. The van der Waals surface area contributed by atoms with Gasteiger partial charge in [-0.1, -0.05) is 0 Å². The standard InChI is InChI=1S/C17H16F3N5O4/c1-16(10-7-21-24(2)8-10)14(27)25(15(28)23-16)9-13(26)22-11-3-5-12(6-4-11)29-17(18,19)20/h3-8H,9H2,1-2H3,(H,22,26)(H,23,28)/t16-/m0/s1. The molecule has 0 saturated carbocycles. The van der Waals surface area contributed by atoms with Crippen LogP contribution >= 0.6 is 0 Å². The minimum atomic E-state index is -4.82. The summed E-state index contributed by atoms with van der Waals surface area (Å²) in [4.78, 5) is 37.9. The lowest BCUT2D eigenvalue weighted by atomic mass is 9.95. The first-order chi connectivity index (χ1) is 13.5. The molecule has 0 radical (unpaired) electrons. The number of hydrogen-bond acceptors (Lipinski definition) is 5. The lowest BCUT2D eigenvalue weighted by molar-refractivity contribution is -0.274. The van der Waals surface area contributed by atoms with Gasteiger partial charge in [-0.25, -0.2) is 4.79 Å². The number of rotatable bonds is 5. The number of alkyl halides is 3.